The third-order valence-electron chi connectivity index (χ3n) is 3.52. The van der Waals surface area contributed by atoms with E-state index in [9.17, 15) is 4.79 Å². The zero-order chi connectivity index (χ0) is 15.2. The number of ketones is 1. The van der Waals surface area contributed by atoms with Crippen LogP contribution in [0.25, 0.3) is 5.57 Å². The standard InChI is InChI=1S/C21H16O/c22-21-14-8-7-13-19(21)15-16-20(17-9-3-1-4-10-17)18-11-5-2-6-12-18/h1-16H/b19-15-. The summed E-state index contributed by atoms with van der Waals surface area (Å²) < 4.78 is 0. The Balaban J connectivity index is 2.05. The molecule has 0 unspecified atom stereocenters. The second-order valence-electron chi connectivity index (χ2n) is 5.02. The summed E-state index contributed by atoms with van der Waals surface area (Å²) in [6, 6.07) is 20.4. The van der Waals surface area contributed by atoms with E-state index in [4.69, 9.17) is 0 Å². The van der Waals surface area contributed by atoms with Gasteiger partial charge < -0.3 is 0 Å². The molecule has 1 nitrogen and oxygen atoms in total. The van der Waals surface area contributed by atoms with Gasteiger partial charge >= 0.3 is 0 Å². The van der Waals surface area contributed by atoms with Gasteiger partial charge in [-0.15, -0.1) is 0 Å². The maximum absolute atomic E-state index is 11.8. The van der Waals surface area contributed by atoms with Crippen LogP contribution in [0.1, 0.15) is 11.1 Å². The minimum absolute atomic E-state index is 0.0409. The monoisotopic (exact) mass is 284 g/mol. The fraction of sp³-hybridized carbons (Fsp3) is 0. The maximum atomic E-state index is 11.8. The van der Waals surface area contributed by atoms with Crippen LogP contribution in [0, 0.1) is 0 Å². The largest absolute Gasteiger partial charge is 0.289 e. The molecule has 0 bridgehead atoms. The molecule has 2 aromatic carbocycles. The lowest BCUT2D eigenvalue weighted by Gasteiger charge is -2.08. The molecule has 0 saturated heterocycles. The molecule has 0 aliphatic heterocycles. The molecule has 0 spiro atoms. The van der Waals surface area contributed by atoms with Gasteiger partial charge in [-0.25, -0.2) is 0 Å². The van der Waals surface area contributed by atoms with Gasteiger partial charge in [-0.3, -0.25) is 4.79 Å². The van der Waals surface area contributed by atoms with Gasteiger partial charge in [-0.1, -0.05) is 91.0 Å². The Labute approximate surface area is 130 Å². The third kappa shape index (κ3) is 3.21. The van der Waals surface area contributed by atoms with Crippen molar-refractivity contribution in [3.05, 3.63) is 114 Å². The zero-order valence-corrected chi connectivity index (χ0v) is 12.1. The van der Waals surface area contributed by atoms with Gasteiger partial charge in [0.1, 0.15) is 0 Å². The first kappa shape index (κ1) is 14.0. The topological polar surface area (TPSA) is 17.1 Å². The Kier molecular flexibility index (Phi) is 4.26. The van der Waals surface area contributed by atoms with E-state index in [1.165, 1.54) is 0 Å². The first-order chi connectivity index (χ1) is 10.8. The van der Waals surface area contributed by atoms with E-state index >= 15 is 0 Å². The molecule has 3 rings (SSSR count). The van der Waals surface area contributed by atoms with E-state index in [2.05, 4.69) is 24.3 Å². The molecule has 1 aliphatic carbocycles. The summed E-state index contributed by atoms with van der Waals surface area (Å²) in [6.07, 6.45) is 11.0. The van der Waals surface area contributed by atoms with E-state index in [1.807, 2.05) is 60.7 Å². The van der Waals surface area contributed by atoms with Crippen LogP contribution < -0.4 is 0 Å². The number of carbonyl (C=O) groups excluding carboxylic acids is 1. The minimum atomic E-state index is 0.0409. The van der Waals surface area contributed by atoms with E-state index in [-0.39, 0.29) is 5.78 Å². The summed E-state index contributed by atoms with van der Waals surface area (Å²) in [4.78, 5) is 11.8. The summed E-state index contributed by atoms with van der Waals surface area (Å²) in [5.74, 6) is 0.0409. The fourth-order valence-corrected chi connectivity index (χ4v) is 2.39. The SMILES string of the molecule is O=C1C=CC=C/C1=C/C=C(c1ccccc1)c1ccccc1. The average Bonchev–Trinajstić information content (AvgIpc) is 2.59. The Bertz CT molecular complexity index is 734. The first-order valence-electron chi connectivity index (χ1n) is 7.26. The number of benzene rings is 2. The molecule has 0 fully saturated rings. The van der Waals surface area contributed by atoms with E-state index in [0.717, 1.165) is 16.7 Å². The summed E-state index contributed by atoms with van der Waals surface area (Å²) in [5, 5.41) is 0. The quantitative estimate of drug-likeness (QED) is 0.744. The molecule has 1 heteroatoms. The second kappa shape index (κ2) is 6.68. The molecule has 0 N–H and O–H groups in total. The Morgan fingerprint density at radius 1 is 0.727 bits per heavy atom. The summed E-state index contributed by atoms with van der Waals surface area (Å²) >= 11 is 0. The van der Waals surface area contributed by atoms with Crippen LogP contribution in [0.4, 0.5) is 0 Å². The Morgan fingerprint density at radius 2 is 1.27 bits per heavy atom. The Morgan fingerprint density at radius 3 is 1.82 bits per heavy atom. The molecule has 0 aromatic heterocycles. The van der Waals surface area contributed by atoms with E-state index in [1.54, 1.807) is 12.2 Å². The Hall–Kier alpha value is -2.93. The molecule has 2 aromatic rings. The molecular formula is C21H16O. The van der Waals surface area contributed by atoms with Crippen LogP contribution >= 0.6 is 0 Å². The number of hydrogen-bond acceptors (Lipinski definition) is 1. The summed E-state index contributed by atoms with van der Waals surface area (Å²) in [5.41, 5.74) is 4.07. The normalized spacial score (nSPS) is 15.1. The maximum Gasteiger partial charge on any atom is 0.185 e. The lowest BCUT2D eigenvalue weighted by Crippen LogP contribution is -1.98. The summed E-state index contributed by atoms with van der Waals surface area (Å²) in [6.45, 7) is 0. The predicted octanol–water partition coefficient (Wildman–Crippen LogP) is 4.74. The second-order valence-corrected chi connectivity index (χ2v) is 5.02. The van der Waals surface area contributed by atoms with E-state index < -0.39 is 0 Å². The smallest absolute Gasteiger partial charge is 0.185 e. The van der Waals surface area contributed by atoms with Crippen molar-refractivity contribution in [2.45, 2.75) is 0 Å². The lowest BCUT2D eigenvalue weighted by atomic mass is 9.96. The summed E-state index contributed by atoms with van der Waals surface area (Å²) in [7, 11) is 0. The van der Waals surface area contributed by atoms with Crippen molar-refractivity contribution < 1.29 is 4.79 Å². The van der Waals surface area contributed by atoms with Gasteiger partial charge in [0.05, 0.1) is 0 Å². The number of allylic oxidation sites excluding steroid dienone is 7. The first-order valence-corrected chi connectivity index (χ1v) is 7.26. The molecule has 0 atom stereocenters. The van der Waals surface area contributed by atoms with Crippen molar-refractivity contribution in [1.29, 1.82) is 0 Å². The van der Waals surface area contributed by atoms with Gasteiger partial charge in [0.15, 0.2) is 5.78 Å². The molecule has 22 heavy (non-hydrogen) atoms. The van der Waals surface area contributed by atoms with Crippen molar-refractivity contribution >= 4 is 11.4 Å². The molecule has 0 amide bonds. The number of carbonyl (C=O) groups is 1. The molecule has 0 heterocycles. The molecule has 1 aliphatic rings. The molecular weight excluding hydrogens is 268 g/mol. The van der Waals surface area contributed by atoms with Gasteiger partial charge in [0.2, 0.25) is 0 Å². The van der Waals surface area contributed by atoms with Crippen LogP contribution in [0.2, 0.25) is 0 Å². The van der Waals surface area contributed by atoms with Gasteiger partial charge in [-0.05, 0) is 22.8 Å². The fourth-order valence-electron chi connectivity index (χ4n) is 2.39. The number of rotatable bonds is 3. The number of hydrogen-bond donors (Lipinski definition) is 0. The minimum Gasteiger partial charge on any atom is -0.289 e. The van der Waals surface area contributed by atoms with Gasteiger partial charge in [0.25, 0.3) is 0 Å². The van der Waals surface area contributed by atoms with Crippen LogP contribution in [-0.4, -0.2) is 5.78 Å². The molecule has 0 radical (unpaired) electrons. The zero-order valence-electron chi connectivity index (χ0n) is 12.1. The van der Waals surface area contributed by atoms with Crippen molar-refractivity contribution in [2.75, 3.05) is 0 Å². The highest BCUT2D eigenvalue weighted by Gasteiger charge is 2.06. The van der Waals surface area contributed by atoms with Crippen LogP contribution in [-0.2, 0) is 4.79 Å². The van der Waals surface area contributed by atoms with Gasteiger partial charge in [0, 0.05) is 5.57 Å². The van der Waals surface area contributed by atoms with Crippen molar-refractivity contribution in [3.8, 4) is 0 Å². The van der Waals surface area contributed by atoms with Crippen molar-refractivity contribution in [2.24, 2.45) is 0 Å². The molecule has 0 saturated carbocycles. The van der Waals surface area contributed by atoms with Gasteiger partial charge in [-0.2, -0.15) is 0 Å². The highest BCUT2D eigenvalue weighted by atomic mass is 16.1. The highest BCUT2D eigenvalue weighted by molar-refractivity contribution is 6.07. The van der Waals surface area contributed by atoms with Crippen LogP contribution in [0.3, 0.4) is 0 Å². The highest BCUT2D eigenvalue weighted by Crippen LogP contribution is 2.23. The lowest BCUT2D eigenvalue weighted by molar-refractivity contribution is -0.111. The predicted molar refractivity (Wildman–Crippen MR) is 91.3 cm³/mol. The molecule has 106 valence electrons. The van der Waals surface area contributed by atoms with Crippen LogP contribution in [0.15, 0.2) is 103 Å². The third-order valence-corrected chi connectivity index (χ3v) is 3.52. The van der Waals surface area contributed by atoms with Crippen molar-refractivity contribution in [3.63, 3.8) is 0 Å². The average molecular weight is 284 g/mol. The van der Waals surface area contributed by atoms with Crippen LogP contribution in [0.5, 0.6) is 0 Å². The van der Waals surface area contributed by atoms with E-state index in [0.29, 0.717) is 5.57 Å². The van der Waals surface area contributed by atoms with Crippen molar-refractivity contribution in [1.82, 2.24) is 0 Å².